The van der Waals surface area contributed by atoms with E-state index in [1.807, 2.05) is 6.07 Å². The quantitative estimate of drug-likeness (QED) is 0.511. The van der Waals surface area contributed by atoms with Crippen molar-refractivity contribution in [1.82, 2.24) is 0 Å². The summed E-state index contributed by atoms with van der Waals surface area (Å²) in [6.45, 7) is 2.96. The third-order valence-corrected chi connectivity index (χ3v) is 3.02. The maximum Gasteiger partial charge on any atom is 0.0380 e. The summed E-state index contributed by atoms with van der Waals surface area (Å²) >= 11 is 2.33. The molecule has 0 radical (unpaired) electrons. The smallest absolute Gasteiger partial charge is 0.0380 e. The van der Waals surface area contributed by atoms with Crippen LogP contribution in [0.1, 0.15) is 12.0 Å². The van der Waals surface area contributed by atoms with Gasteiger partial charge >= 0.3 is 0 Å². The molecule has 0 atom stereocenters. The molecule has 68 valence electrons. The number of hydrogen-bond donors (Lipinski definition) is 1. The zero-order chi connectivity index (χ0) is 9.68. The zero-order valence-corrected chi connectivity index (χ0v) is 9.76. The third-order valence-electron chi connectivity index (χ3n) is 1.85. The van der Waals surface area contributed by atoms with Crippen LogP contribution < -0.4 is 5.32 Å². The second-order valence-electron chi connectivity index (χ2n) is 2.79. The molecule has 1 aromatic rings. The molecule has 0 aliphatic carbocycles. The summed E-state index contributed by atoms with van der Waals surface area (Å²) in [5.74, 6) is 2.61. The fourth-order valence-electron chi connectivity index (χ4n) is 1.07. The summed E-state index contributed by atoms with van der Waals surface area (Å²) in [6.07, 6.45) is 5.94. The number of hydrogen-bond acceptors (Lipinski definition) is 1. The van der Waals surface area contributed by atoms with Crippen LogP contribution in [0.25, 0.3) is 0 Å². The van der Waals surface area contributed by atoms with Gasteiger partial charge in [0.2, 0.25) is 0 Å². The second-order valence-corrected chi connectivity index (χ2v) is 3.96. The molecule has 0 bridgehead atoms. The van der Waals surface area contributed by atoms with Crippen LogP contribution in [-0.2, 0) is 0 Å². The molecule has 0 spiro atoms. The third kappa shape index (κ3) is 2.92. The summed E-state index contributed by atoms with van der Waals surface area (Å²) < 4.78 is 1.28. The Morgan fingerprint density at radius 3 is 3.00 bits per heavy atom. The van der Waals surface area contributed by atoms with Gasteiger partial charge in [-0.15, -0.1) is 12.3 Å². The first kappa shape index (κ1) is 10.4. The number of terminal acetylenes is 1. The Kier molecular flexibility index (Phi) is 4.10. The van der Waals surface area contributed by atoms with Crippen molar-refractivity contribution >= 4 is 28.3 Å². The molecule has 0 aromatic heterocycles. The number of nitrogens with one attached hydrogen (secondary N) is 1. The molecule has 1 nitrogen and oxygen atoms in total. The van der Waals surface area contributed by atoms with Crippen molar-refractivity contribution in [3.8, 4) is 12.3 Å². The molecular formula is C11H12IN. The lowest BCUT2D eigenvalue weighted by molar-refractivity contribution is 1.09. The summed E-state index contributed by atoms with van der Waals surface area (Å²) in [5.41, 5.74) is 2.47. The molecule has 2 heteroatoms. The first-order valence-corrected chi connectivity index (χ1v) is 5.26. The van der Waals surface area contributed by atoms with Crippen LogP contribution in [0.2, 0.25) is 0 Å². The Morgan fingerprint density at radius 2 is 2.31 bits per heavy atom. The van der Waals surface area contributed by atoms with Crippen LogP contribution in [0.3, 0.4) is 0 Å². The van der Waals surface area contributed by atoms with E-state index in [9.17, 15) is 0 Å². The summed E-state index contributed by atoms with van der Waals surface area (Å²) in [7, 11) is 0. The van der Waals surface area contributed by atoms with E-state index in [2.05, 4.69) is 52.9 Å². The van der Waals surface area contributed by atoms with Gasteiger partial charge in [-0.1, -0.05) is 6.07 Å². The first-order valence-electron chi connectivity index (χ1n) is 4.18. The highest BCUT2D eigenvalue weighted by Gasteiger charge is 1.99. The maximum absolute atomic E-state index is 5.17. The van der Waals surface area contributed by atoms with E-state index in [1.54, 1.807) is 0 Å². The highest BCUT2D eigenvalue weighted by atomic mass is 127. The molecule has 0 saturated heterocycles. The van der Waals surface area contributed by atoms with Gasteiger partial charge in [0.15, 0.2) is 0 Å². The van der Waals surface area contributed by atoms with Crippen LogP contribution in [0.4, 0.5) is 5.69 Å². The Hall–Kier alpha value is -0.690. The standard InChI is InChI=1S/C11H12IN/c1-3-4-8-13-11-7-5-6-10(12)9(11)2/h1,5-7,13H,4,8H2,2H3. The minimum absolute atomic E-state index is 0.769. The topological polar surface area (TPSA) is 12.0 Å². The molecule has 0 unspecified atom stereocenters. The molecule has 1 rings (SSSR count). The van der Waals surface area contributed by atoms with E-state index in [0.29, 0.717) is 0 Å². The largest absolute Gasteiger partial charge is 0.384 e. The van der Waals surface area contributed by atoms with Crippen LogP contribution in [0, 0.1) is 22.8 Å². The average Bonchev–Trinajstić information content (AvgIpc) is 2.13. The minimum atomic E-state index is 0.769. The second kappa shape index (κ2) is 5.13. The van der Waals surface area contributed by atoms with Gasteiger partial charge in [0.05, 0.1) is 0 Å². The molecule has 1 aromatic carbocycles. The fraction of sp³-hybridized carbons (Fsp3) is 0.273. The Morgan fingerprint density at radius 1 is 1.54 bits per heavy atom. The summed E-state index contributed by atoms with van der Waals surface area (Å²) in [6, 6.07) is 6.23. The molecule has 0 amide bonds. The monoisotopic (exact) mass is 285 g/mol. The normalized spacial score (nSPS) is 9.31. The predicted octanol–water partition coefficient (Wildman–Crippen LogP) is 3.03. The molecule has 0 heterocycles. The van der Waals surface area contributed by atoms with Gasteiger partial charge in [-0.25, -0.2) is 0 Å². The van der Waals surface area contributed by atoms with E-state index in [1.165, 1.54) is 14.8 Å². The molecule has 0 fully saturated rings. The lowest BCUT2D eigenvalue weighted by Crippen LogP contribution is -2.02. The summed E-state index contributed by atoms with van der Waals surface area (Å²) in [5, 5.41) is 3.31. The van der Waals surface area contributed by atoms with Crippen LogP contribution in [0.15, 0.2) is 18.2 Å². The van der Waals surface area contributed by atoms with Gasteiger partial charge in [0.1, 0.15) is 0 Å². The molecule has 0 aliphatic rings. The van der Waals surface area contributed by atoms with Gasteiger partial charge in [0.25, 0.3) is 0 Å². The number of rotatable bonds is 3. The summed E-state index contributed by atoms with van der Waals surface area (Å²) in [4.78, 5) is 0. The average molecular weight is 285 g/mol. The zero-order valence-electron chi connectivity index (χ0n) is 7.60. The van der Waals surface area contributed by atoms with Crippen LogP contribution in [-0.4, -0.2) is 6.54 Å². The van der Waals surface area contributed by atoms with E-state index in [0.717, 1.165) is 13.0 Å². The van der Waals surface area contributed by atoms with Crippen molar-refractivity contribution in [2.45, 2.75) is 13.3 Å². The van der Waals surface area contributed by atoms with E-state index in [4.69, 9.17) is 6.42 Å². The fourth-order valence-corrected chi connectivity index (χ4v) is 1.57. The van der Waals surface area contributed by atoms with Gasteiger partial charge in [-0.3, -0.25) is 0 Å². The Labute approximate surface area is 93.1 Å². The van der Waals surface area contributed by atoms with Crippen LogP contribution >= 0.6 is 22.6 Å². The van der Waals surface area contributed by atoms with Crippen molar-refractivity contribution in [3.63, 3.8) is 0 Å². The first-order chi connectivity index (χ1) is 6.25. The van der Waals surface area contributed by atoms with Crippen LogP contribution in [0.5, 0.6) is 0 Å². The van der Waals surface area contributed by atoms with Gasteiger partial charge < -0.3 is 5.32 Å². The van der Waals surface area contributed by atoms with E-state index >= 15 is 0 Å². The Bertz CT molecular complexity index is 325. The lowest BCUT2D eigenvalue weighted by atomic mass is 10.2. The molecule has 1 N–H and O–H groups in total. The highest BCUT2D eigenvalue weighted by molar-refractivity contribution is 14.1. The van der Waals surface area contributed by atoms with E-state index in [-0.39, 0.29) is 0 Å². The lowest BCUT2D eigenvalue weighted by Gasteiger charge is -2.08. The minimum Gasteiger partial charge on any atom is -0.384 e. The van der Waals surface area contributed by atoms with Crippen molar-refractivity contribution in [1.29, 1.82) is 0 Å². The van der Waals surface area contributed by atoms with Crippen molar-refractivity contribution in [2.24, 2.45) is 0 Å². The molecular weight excluding hydrogens is 273 g/mol. The van der Waals surface area contributed by atoms with Gasteiger partial charge in [0, 0.05) is 22.2 Å². The van der Waals surface area contributed by atoms with Crippen molar-refractivity contribution in [3.05, 3.63) is 27.3 Å². The maximum atomic E-state index is 5.17. The molecule has 0 saturated carbocycles. The Balaban J connectivity index is 2.67. The highest BCUT2D eigenvalue weighted by Crippen LogP contribution is 2.19. The van der Waals surface area contributed by atoms with Crippen molar-refractivity contribution in [2.75, 3.05) is 11.9 Å². The number of anilines is 1. The van der Waals surface area contributed by atoms with Gasteiger partial charge in [-0.2, -0.15) is 0 Å². The molecule has 0 aliphatic heterocycles. The molecule has 13 heavy (non-hydrogen) atoms. The van der Waals surface area contributed by atoms with Gasteiger partial charge in [-0.05, 0) is 47.2 Å². The number of halogens is 1. The van der Waals surface area contributed by atoms with E-state index < -0.39 is 0 Å². The SMILES string of the molecule is C#CCCNc1cccc(I)c1C. The van der Waals surface area contributed by atoms with Crippen molar-refractivity contribution < 1.29 is 0 Å². The number of benzene rings is 1. The predicted molar refractivity (Wildman–Crippen MR) is 65.8 cm³/mol.